The van der Waals surface area contributed by atoms with Crippen LogP contribution in [-0.2, 0) is 4.79 Å². The molecule has 0 aromatic rings. The fourth-order valence-electron chi connectivity index (χ4n) is 1.23. The molecule has 0 saturated carbocycles. The number of hydrogen-bond donors (Lipinski definition) is 2. The molecule has 1 aliphatic heterocycles. The summed E-state index contributed by atoms with van der Waals surface area (Å²) in [6, 6.07) is 0. The van der Waals surface area contributed by atoms with Crippen molar-refractivity contribution in [1.29, 1.82) is 0 Å². The van der Waals surface area contributed by atoms with Gasteiger partial charge in [-0.15, -0.1) is 0 Å². The maximum atomic E-state index is 11.3. The Hall–Kier alpha value is -0.610. The van der Waals surface area contributed by atoms with Crippen molar-refractivity contribution in [3.63, 3.8) is 0 Å². The van der Waals surface area contributed by atoms with Crippen molar-refractivity contribution >= 4 is 5.91 Å². The number of hydrogen-bond acceptors (Lipinski definition) is 3. The van der Waals surface area contributed by atoms with Gasteiger partial charge >= 0.3 is 0 Å². The van der Waals surface area contributed by atoms with E-state index in [4.69, 9.17) is 5.73 Å². The first kappa shape index (κ1) is 9.48. The fraction of sp³-hybridized carbons (Fsp3) is 0.875. The van der Waals surface area contributed by atoms with E-state index in [1.54, 1.807) is 5.01 Å². The summed E-state index contributed by atoms with van der Waals surface area (Å²) in [5.74, 6) is 0.153. The molecule has 0 aromatic carbocycles. The zero-order valence-corrected chi connectivity index (χ0v) is 7.76. The Kier molecular flexibility index (Phi) is 2.69. The largest absolute Gasteiger partial charge is 0.324 e. The lowest BCUT2D eigenvalue weighted by Crippen LogP contribution is -2.55. The van der Waals surface area contributed by atoms with Crippen molar-refractivity contribution in [2.24, 2.45) is 5.73 Å². The SMILES string of the molecule is CC(C)(N)CN1NCCCC1=O. The lowest BCUT2D eigenvalue weighted by atomic mass is 10.1. The van der Waals surface area contributed by atoms with Crippen LogP contribution >= 0.6 is 0 Å². The Bertz CT molecular complexity index is 174. The number of nitrogens with one attached hydrogen (secondary N) is 1. The third kappa shape index (κ3) is 2.79. The van der Waals surface area contributed by atoms with Crippen molar-refractivity contribution in [2.75, 3.05) is 13.1 Å². The molecular formula is C8H17N3O. The first-order valence-electron chi connectivity index (χ1n) is 4.32. The summed E-state index contributed by atoms with van der Waals surface area (Å²) in [5, 5.41) is 1.63. The van der Waals surface area contributed by atoms with Gasteiger partial charge in [-0.05, 0) is 20.3 Å². The number of rotatable bonds is 2. The summed E-state index contributed by atoms with van der Waals surface area (Å²) in [4.78, 5) is 11.3. The predicted molar refractivity (Wildman–Crippen MR) is 47.2 cm³/mol. The summed E-state index contributed by atoms with van der Waals surface area (Å²) in [6.45, 7) is 5.28. The highest BCUT2D eigenvalue weighted by atomic mass is 16.2. The minimum absolute atomic E-state index is 0.153. The third-order valence-corrected chi connectivity index (χ3v) is 1.74. The second-order valence-corrected chi connectivity index (χ2v) is 3.98. The van der Waals surface area contributed by atoms with Crippen LogP contribution < -0.4 is 11.2 Å². The van der Waals surface area contributed by atoms with E-state index in [1.807, 2.05) is 13.8 Å². The molecule has 1 amide bonds. The number of hydrazine groups is 1. The van der Waals surface area contributed by atoms with Crippen molar-refractivity contribution in [3.05, 3.63) is 0 Å². The predicted octanol–water partition coefficient (Wildman–Crippen LogP) is -0.149. The van der Waals surface area contributed by atoms with Crippen molar-refractivity contribution in [3.8, 4) is 0 Å². The number of carbonyl (C=O) groups excluding carboxylic acids is 1. The Morgan fingerprint density at radius 3 is 2.83 bits per heavy atom. The van der Waals surface area contributed by atoms with E-state index in [-0.39, 0.29) is 11.4 Å². The lowest BCUT2D eigenvalue weighted by Gasteiger charge is -2.32. The molecule has 3 N–H and O–H groups in total. The van der Waals surface area contributed by atoms with Crippen LogP contribution in [0, 0.1) is 0 Å². The molecule has 0 unspecified atom stereocenters. The summed E-state index contributed by atoms with van der Waals surface area (Å²) in [6.07, 6.45) is 1.57. The van der Waals surface area contributed by atoms with Crippen LogP contribution in [0.15, 0.2) is 0 Å². The van der Waals surface area contributed by atoms with Gasteiger partial charge < -0.3 is 5.73 Å². The van der Waals surface area contributed by atoms with Crippen LogP contribution in [0.2, 0.25) is 0 Å². The molecule has 0 bridgehead atoms. The Labute approximate surface area is 73.1 Å². The average Bonchev–Trinajstić information content (AvgIpc) is 1.91. The maximum absolute atomic E-state index is 11.3. The number of carbonyl (C=O) groups is 1. The van der Waals surface area contributed by atoms with Crippen LogP contribution in [-0.4, -0.2) is 29.5 Å². The van der Waals surface area contributed by atoms with Crippen LogP contribution in [0.25, 0.3) is 0 Å². The minimum atomic E-state index is -0.319. The van der Waals surface area contributed by atoms with Crippen molar-refractivity contribution < 1.29 is 4.79 Å². The van der Waals surface area contributed by atoms with E-state index in [9.17, 15) is 4.79 Å². The molecule has 1 fully saturated rings. The molecule has 0 radical (unpaired) electrons. The minimum Gasteiger partial charge on any atom is -0.324 e. The van der Waals surface area contributed by atoms with Gasteiger partial charge in [-0.25, -0.2) is 5.43 Å². The standard InChI is InChI=1S/C8H17N3O/c1-8(2,9)6-11-7(12)4-3-5-10-11/h10H,3-6,9H2,1-2H3. The van der Waals surface area contributed by atoms with Gasteiger partial charge in [0.2, 0.25) is 5.91 Å². The lowest BCUT2D eigenvalue weighted by molar-refractivity contribution is -0.137. The molecular weight excluding hydrogens is 154 g/mol. The van der Waals surface area contributed by atoms with Crippen LogP contribution in [0.1, 0.15) is 26.7 Å². The molecule has 4 nitrogen and oxygen atoms in total. The van der Waals surface area contributed by atoms with Gasteiger partial charge in [-0.2, -0.15) is 0 Å². The van der Waals surface area contributed by atoms with E-state index in [0.717, 1.165) is 13.0 Å². The maximum Gasteiger partial charge on any atom is 0.236 e. The molecule has 1 aliphatic rings. The van der Waals surface area contributed by atoms with Gasteiger partial charge in [-0.3, -0.25) is 9.80 Å². The van der Waals surface area contributed by atoms with Crippen LogP contribution in [0.3, 0.4) is 0 Å². The average molecular weight is 171 g/mol. The fourth-order valence-corrected chi connectivity index (χ4v) is 1.23. The van der Waals surface area contributed by atoms with Gasteiger partial charge in [0.05, 0.1) is 6.54 Å². The molecule has 1 saturated heterocycles. The monoisotopic (exact) mass is 171 g/mol. The molecule has 0 atom stereocenters. The van der Waals surface area contributed by atoms with Gasteiger partial charge in [0.25, 0.3) is 0 Å². The smallest absolute Gasteiger partial charge is 0.236 e. The second-order valence-electron chi connectivity index (χ2n) is 3.98. The quantitative estimate of drug-likeness (QED) is 0.607. The van der Waals surface area contributed by atoms with E-state index in [1.165, 1.54) is 0 Å². The molecule has 0 aliphatic carbocycles. The topological polar surface area (TPSA) is 58.4 Å². The first-order valence-corrected chi connectivity index (χ1v) is 4.32. The molecule has 0 spiro atoms. The molecule has 1 rings (SSSR count). The van der Waals surface area contributed by atoms with Gasteiger partial charge in [0, 0.05) is 18.5 Å². The van der Waals surface area contributed by atoms with Gasteiger partial charge in [0.15, 0.2) is 0 Å². The zero-order chi connectivity index (χ0) is 9.19. The number of nitrogens with two attached hydrogens (primary N) is 1. The van der Waals surface area contributed by atoms with Crippen molar-refractivity contribution in [1.82, 2.24) is 10.4 Å². The number of amides is 1. The van der Waals surface area contributed by atoms with E-state index >= 15 is 0 Å². The van der Waals surface area contributed by atoms with Gasteiger partial charge in [-0.1, -0.05) is 0 Å². The summed E-state index contributed by atoms with van der Waals surface area (Å²) >= 11 is 0. The van der Waals surface area contributed by atoms with E-state index < -0.39 is 0 Å². The van der Waals surface area contributed by atoms with Crippen LogP contribution in [0.5, 0.6) is 0 Å². The molecule has 1 heterocycles. The molecule has 0 aromatic heterocycles. The normalized spacial score (nSPS) is 19.9. The molecule has 12 heavy (non-hydrogen) atoms. The summed E-state index contributed by atoms with van der Waals surface area (Å²) in [5.41, 5.74) is 8.50. The molecule has 70 valence electrons. The summed E-state index contributed by atoms with van der Waals surface area (Å²) < 4.78 is 0. The van der Waals surface area contributed by atoms with Crippen molar-refractivity contribution in [2.45, 2.75) is 32.2 Å². The van der Waals surface area contributed by atoms with E-state index in [2.05, 4.69) is 5.43 Å². The first-order chi connectivity index (χ1) is 5.49. The highest BCUT2D eigenvalue weighted by molar-refractivity contribution is 5.76. The summed E-state index contributed by atoms with van der Waals surface area (Å²) in [7, 11) is 0. The van der Waals surface area contributed by atoms with Crippen LogP contribution in [0.4, 0.5) is 0 Å². The highest BCUT2D eigenvalue weighted by Crippen LogP contribution is 2.06. The Morgan fingerprint density at radius 2 is 2.33 bits per heavy atom. The Balaban J connectivity index is 2.45. The second kappa shape index (κ2) is 3.41. The highest BCUT2D eigenvalue weighted by Gasteiger charge is 2.23. The molecule has 4 heteroatoms. The number of nitrogens with zero attached hydrogens (tertiary/aromatic N) is 1. The Morgan fingerprint density at radius 1 is 1.67 bits per heavy atom. The third-order valence-electron chi connectivity index (χ3n) is 1.74. The van der Waals surface area contributed by atoms with Gasteiger partial charge in [0.1, 0.15) is 0 Å². The van der Waals surface area contributed by atoms with E-state index in [0.29, 0.717) is 13.0 Å². The zero-order valence-electron chi connectivity index (χ0n) is 7.76.